The van der Waals surface area contributed by atoms with E-state index in [-0.39, 0.29) is 0 Å². The lowest BCUT2D eigenvalue weighted by Crippen LogP contribution is -2.10. The van der Waals surface area contributed by atoms with Crippen molar-refractivity contribution < 1.29 is 0 Å². The van der Waals surface area contributed by atoms with Crippen LogP contribution in [0.2, 0.25) is 0 Å². The first-order chi connectivity index (χ1) is 8.31. The first-order valence-corrected chi connectivity index (χ1v) is 6.74. The van der Waals surface area contributed by atoms with Crippen LogP contribution >= 0.6 is 22.9 Å². The zero-order valence-electron chi connectivity index (χ0n) is 9.27. The topological polar surface area (TPSA) is 38.4 Å². The van der Waals surface area contributed by atoms with Gasteiger partial charge in [0.05, 0.1) is 10.6 Å². The summed E-state index contributed by atoms with van der Waals surface area (Å²) in [6, 6.07) is 11.9. The highest BCUT2D eigenvalue weighted by molar-refractivity contribution is 7.12. The molecule has 1 aromatic heterocycles. The Morgan fingerprint density at radius 2 is 2.06 bits per heavy atom. The molecule has 1 aromatic carbocycles. The second-order valence-corrected chi connectivity index (χ2v) is 4.87. The SMILES string of the molecule is NC(=Nc1ccccc1CCCl)c1cccs1. The van der Waals surface area contributed by atoms with E-state index in [1.165, 1.54) is 0 Å². The van der Waals surface area contributed by atoms with Gasteiger partial charge in [0.25, 0.3) is 0 Å². The van der Waals surface area contributed by atoms with Crippen LogP contribution in [0.25, 0.3) is 0 Å². The first kappa shape index (κ1) is 12.1. The summed E-state index contributed by atoms with van der Waals surface area (Å²) in [5, 5.41) is 1.99. The Balaban J connectivity index is 2.31. The molecule has 0 radical (unpaired) electrons. The maximum atomic E-state index is 5.96. The van der Waals surface area contributed by atoms with Crippen LogP contribution in [-0.4, -0.2) is 11.7 Å². The minimum absolute atomic E-state index is 0.557. The normalized spacial score (nSPS) is 11.7. The van der Waals surface area contributed by atoms with Gasteiger partial charge in [-0.2, -0.15) is 0 Å². The van der Waals surface area contributed by atoms with Crippen molar-refractivity contribution in [1.29, 1.82) is 0 Å². The molecule has 0 fully saturated rings. The predicted octanol–water partition coefficient (Wildman–Crippen LogP) is 3.57. The molecule has 0 aliphatic rings. The van der Waals surface area contributed by atoms with Gasteiger partial charge in [-0.1, -0.05) is 24.3 Å². The van der Waals surface area contributed by atoms with Crippen molar-refractivity contribution in [2.24, 2.45) is 10.7 Å². The molecule has 2 aromatic rings. The third-order valence-corrected chi connectivity index (χ3v) is 3.45. The Hall–Kier alpha value is -1.32. The Labute approximate surface area is 110 Å². The van der Waals surface area contributed by atoms with E-state index in [2.05, 4.69) is 4.99 Å². The number of nitrogens with two attached hydrogens (primary N) is 1. The summed E-state index contributed by atoms with van der Waals surface area (Å²) < 4.78 is 0. The maximum absolute atomic E-state index is 5.96. The number of thiophene rings is 1. The number of aliphatic imine (C=N–C) groups is 1. The molecule has 4 heteroatoms. The largest absolute Gasteiger partial charge is 0.383 e. The molecule has 0 bridgehead atoms. The van der Waals surface area contributed by atoms with Crippen molar-refractivity contribution in [1.82, 2.24) is 0 Å². The second-order valence-electron chi connectivity index (χ2n) is 3.54. The number of aryl methyl sites for hydroxylation is 1. The number of benzene rings is 1. The van der Waals surface area contributed by atoms with Gasteiger partial charge < -0.3 is 5.73 Å². The van der Waals surface area contributed by atoms with E-state index >= 15 is 0 Å². The highest BCUT2D eigenvalue weighted by atomic mass is 35.5. The van der Waals surface area contributed by atoms with Crippen molar-refractivity contribution in [2.75, 3.05) is 5.88 Å². The second kappa shape index (κ2) is 5.84. The summed E-state index contributed by atoms with van der Waals surface area (Å²) >= 11 is 7.35. The molecule has 0 atom stereocenters. The molecule has 0 aliphatic carbocycles. The monoisotopic (exact) mass is 264 g/mol. The molecule has 0 saturated heterocycles. The van der Waals surface area contributed by atoms with E-state index in [0.717, 1.165) is 22.5 Å². The van der Waals surface area contributed by atoms with Crippen LogP contribution in [0.15, 0.2) is 46.8 Å². The molecule has 0 amide bonds. The molecule has 88 valence electrons. The minimum Gasteiger partial charge on any atom is -0.383 e. The molecule has 0 spiro atoms. The number of para-hydroxylation sites is 1. The molecule has 2 nitrogen and oxygen atoms in total. The Morgan fingerprint density at radius 1 is 1.24 bits per heavy atom. The Bertz CT molecular complexity index is 506. The summed E-state index contributed by atoms with van der Waals surface area (Å²) in [5.41, 5.74) is 7.99. The average Bonchev–Trinajstić information content (AvgIpc) is 2.85. The number of hydrogen-bond donors (Lipinski definition) is 1. The molecule has 17 heavy (non-hydrogen) atoms. The maximum Gasteiger partial charge on any atom is 0.141 e. The molecular weight excluding hydrogens is 252 g/mol. The fourth-order valence-electron chi connectivity index (χ4n) is 1.54. The van der Waals surface area contributed by atoms with Crippen LogP contribution in [0.1, 0.15) is 10.4 Å². The molecule has 2 rings (SSSR count). The van der Waals surface area contributed by atoms with Crippen LogP contribution in [-0.2, 0) is 6.42 Å². The number of halogens is 1. The van der Waals surface area contributed by atoms with Gasteiger partial charge in [-0.05, 0) is 29.5 Å². The zero-order chi connectivity index (χ0) is 12.1. The molecule has 0 unspecified atom stereocenters. The third-order valence-electron chi connectivity index (χ3n) is 2.37. The predicted molar refractivity (Wildman–Crippen MR) is 75.6 cm³/mol. The van der Waals surface area contributed by atoms with Crippen molar-refractivity contribution in [3.05, 3.63) is 52.2 Å². The molecule has 1 heterocycles. The third kappa shape index (κ3) is 3.08. The summed E-state index contributed by atoms with van der Waals surface area (Å²) in [5.74, 6) is 1.15. The van der Waals surface area contributed by atoms with Crippen LogP contribution in [0.5, 0.6) is 0 Å². The summed E-state index contributed by atoms with van der Waals surface area (Å²) in [4.78, 5) is 5.46. The van der Waals surface area contributed by atoms with Gasteiger partial charge in [0.15, 0.2) is 0 Å². The number of alkyl halides is 1. The van der Waals surface area contributed by atoms with Gasteiger partial charge in [0.2, 0.25) is 0 Å². The van der Waals surface area contributed by atoms with Crippen LogP contribution in [0, 0.1) is 0 Å². The average molecular weight is 265 g/mol. The number of rotatable bonds is 4. The zero-order valence-corrected chi connectivity index (χ0v) is 10.8. The number of nitrogens with zero attached hydrogens (tertiary/aromatic N) is 1. The highest BCUT2D eigenvalue weighted by Crippen LogP contribution is 2.21. The van der Waals surface area contributed by atoms with Crippen molar-refractivity contribution >= 4 is 34.5 Å². The minimum atomic E-state index is 0.557. The van der Waals surface area contributed by atoms with Gasteiger partial charge in [-0.25, -0.2) is 4.99 Å². The van der Waals surface area contributed by atoms with E-state index < -0.39 is 0 Å². The van der Waals surface area contributed by atoms with Crippen molar-refractivity contribution in [3.63, 3.8) is 0 Å². The number of amidine groups is 1. The van der Waals surface area contributed by atoms with Gasteiger partial charge in [0, 0.05) is 5.88 Å². The fourth-order valence-corrected chi connectivity index (χ4v) is 2.37. The van der Waals surface area contributed by atoms with E-state index in [0.29, 0.717) is 11.7 Å². The van der Waals surface area contributed by atoms with Crippen LogP contribution < -0.4 is 5.73 Å². The molecular formula is C13H13ClN2S. The first-order valence-electron chi connectivity index (χ1n) is 5.33. The highest BCUT2D eigenvalue weighted by Gasteiger charge is 2.03. The van der Waals surface area contributed by atoms with E-state index in [1.807, 2.05) is 41.8 Å². The smallest absolute Gasteiger partial charge is 0.141 e. The summed E-state index contributed by atoms with van der Waals surface area (Å²) in [6.07, 6.45) is 0.805. The standard InChI is InChI=1S/C13H13ClN2S/c14-8-7-10-4-1-2-5-11(10)16-13(15)12-6-3-9-17-12/h1-6,9H,7-8H2,(H2,15,16). The van der Waals surface area contributed by atoms with E-state index in [1.54, 1.807) is 11.3 Å². The molecule has 2 N–H and O–H groups in total. The lowest BCUT2D eigenvalue weighted by Gasteiger charge is -2.04. The lowest BCUT2D eigenvalue weighted by molar-refractivity contribution is 1.14. The van der Waals surface area contributed by atoms with Crippen molar-refractivity contribution in [2.45, 2.75) is 6.42 Å². The van der Waals surface area contributed by atoms with E-state index in [9.17, 15) is 0 Å². The number of hydrogen-bond acceptors (Lipinski definition) is 2. The summed E-state index contributed by atoms with van der Waals surface area (Å²) in [7, 11) is 0. The van der Waals surface area contributed by atoms with Gasteiger partial charge in [0.1, 0.15) is 5.84 Å². The van der Waals surface area contributed by atoms with Crippen LogP contribution in [0.4, 0.5) is 5.69 Å². The van der Waals surface area contributed by atoms with Gasteiger partial charge in [-0.15, -0.1) is 22.9 Å². The van der Waals surface area contributed by atoms with Gasteiger partial charge >= 0.3 is 0 Å². The Morgan fingerprint density at radius 3 is 2.76 bits per heavy atom. The van der Waals surface area contributed by atoms with E-state index in [4.69, 9.17) is 17.3 Å². The quantitative estimate of drug-likeness (QED) is 0.512. The fraction of sp³-hybridized carbons (Fsp3) is 0.154. The van der Waals surface area contributed by atoms with Crippen molar-refractivity contribution in [3.8, 4) is 0 Å². The molecule has 0 saturated carbocycles. The molecule has 0 aliphatic heterocycles. The van der Waals surface area contributed by atoms with Gasteiger partial charge in [-0.3, -0.25) is 0 Å². The summed E-state index contributed by atoms with van der Waals surface area (Å²) in [6.45, 7) is 0. The van der Waals surface area contributed by atoms with Crippen LogP contribution in [0.3, 0.4) is 0 Å². The lowest BCUT2D eigenvalue weighted by atomic mass is 10.1. The Kier molecular flexibility index (Phi) is 4.18.